The third-order valence-corrected chi connectivity index (χ3v) is 5.97. The van der Waals surface area contributed by atoms with Gasteiger partial charge in [-0.2, -0.15) is 4.31 Å². The molecule has 20 heavy (non-hydrogen) atoms. The molecule has 0 heterocycles. The Morgan fingerprint density at radius 3 is 1.85 bits per heavy atom. The average molecular weight is 321 g/mol. The maximum Gasteiger partial charge on any atom is 0.243 e. The summed E-state index contributed by atoms with van der Waals surface area (Å²) in [5.74, 6) is 0. The van der Waals surface area contributed by atoms with Crippen LogP contribution in [-0.2, 0) is 19.9 Å². The zero-order valence-electron chi connectivity index (χ0n) is 11.6. The Morgan fingerprint density at radius 1 is 1.05 bits per heavy atom. The highest BCUT2D eigenvalue weighted by molar-refractivity contribution is 7.90. The van der Waals surface area contributed by atoms with E-state index in [1.165, 1.54) is 28.6 Å². The van der Waals surface area contributed by atoms with Gasteiger partial charge in [0.1, 0.15) is 0 Å². The van der Waals surface area contributed by atoms with Crippen molar-refractivity contribution >= 4 is 19.9 Å². The number of hydrogen-bond acceptors (Lipinski definition) is 5. The highest BCUT2D eigenvalue weighted by Crippen LogP contribution is 2.20. The molecule has 0 unspecified atom stereocenters. The standard InChI is InChI=1S/C12H19NO5S2/c1-10(2)13(8-9-14)20(17,18)12-6-4-11(5-7-12)19(3,15)16/h4-7,10,14H,8-9H2,1-3H3. The molecule has 0 amide bonds. The summed E-state index contributed by atoms with van der Waals surface area (Å²) in [4.78, 5) is 0.0711. The molecule has 0 radical (unpaired) electrons. The first-order valence-electron chi connectivity index (χ1n) is 6.03. The lowest BCUT2D eigenvalue weighted by atomic mass is 10.4. The topological polar surface area (TPSA) is 91.8 Å². The highest BCUT2D eigenvalue weighted by Gasteiger charge is 2.26. The lowest BCUT2D eigenvalue weighted by molar-refractivity contribution is 0.236. The van der Waals surface area contributed by atoms with Crippen LogP contribution in [0.25, 0.3) is 0 Å². The molecule has 1 aromatic carbocycles. The van der Waals surface area contributed by atoms with Crippen molar-refractivity contribution in [3.05, 3.63) is 24.3 Å². The zero-order chi connectivity index (χ0) is 15.6. The van der Waals surface area contributed by atoms with Gasteiger partial charge in [-0.25, -0.2) is 16.8 Å². The maximum atomic E-state index is 12.4. The molecule has 0 aliphatic heterocycles. The van der Waals surface area contributed by atoms with Crippen molar-refractivity contribution in [2.45, 2.75) is 29.7 Å². The third kappa shape index (κ3) is 3.78. The molecule has 8 heteroatoms. The first-order valence-corrected chi connectivity index (χ1v) is 9.36. The predicted molar refractivity (Wildman–Crippen MR) is 75.7 cm³/mol. The Bertz CT molecular complexity index is 648. The van der Waals surface area contributed by atoms with Gasteiger partial charge in [0.05, 0.1) is 16.4 Å². The fraction of sp³-hybridized carbons (Fsp3) is 0.500. The molecule has 6 nitrogen and oxygen atoms in total. The minimum atomic E-state index is -3.75. The summed E-state index contributed by atoms with van der Waals surface area (Å²) in [6, 6.07) is 4.75. The third-order valence-electron chi connectivity index (χ3n) is 2.75. The number of nitrogens with zero attached hydrogens (tertiary/aromatic N) is 1. The van der Waals surface area contributed by atoms with Crippen molar-refractivity contribution in [2.24, 2.45) is 0 Å². The summed E-state index contributed by atoms with van der Waals surface area (Å²) in [5, 5.41) is 8.96. The molecular formula is C12H19NO5S2. The first kappa shape index (κ1) is 17.1. The highest BCUT2D eigenvalue weighted by atomic mass is 32.2. The molecule has 0 aromatic heterocycles. The molecule has 1 N–H and O–H groups in total. The number of sulfonamides is 1. The van der Waals surface area contributed by atoms with E-state index in [0.29, 0.717) is 0 Å². The van der Waals surface area contributed by atoms with Crippen LogP contribution in [0.15, 0.2) is 34.1 Å². The lowest BCUT2D eigenvalue weighted by Gasteiger charge is -2.25. The quantitative estimate of drug-likeness (QED) is 0.823. The van der Waals surface area contributed by atoms with Crippen LogP contribution in [0, 0.1) is 0 Å². The monoisotopic (exact) mass is 321 g/mol. The van der Waals surface area contributed by atoms with E-state index < -0.39 is 19.9 Å². The van der Waals surface area contributed by atoms with E-state index in [4.69, 9.17) is 5.11 Å². The fourth-order valence-corrected chi connectivity index (χ4v) is 4.01. The van der Waals surface area contributed by atoms with Gasteiger partial charge in [0, 0.05) is 18.8 Å². The van der Waals surface area contributed by atoms with Crippen molar-refractivity contribution < 1.29 is 21.9 Å². The number of aliphatic hydroxyl groups excluding tert-OH is 1. The SMILES string of the molecule is CC(C)N(CCO)S(=O)(=O)c1ccc(S(C)(=O)=O)cc1. The second-order valence-electron chi connectivity index (χ2n) is 4.68. The number of hydrogen-bond donors (Lipinski definition) is 1. The van der Waals surface area contributed by atoms with Crippen molar-refractivity contribution in [3.8, 4) is 0 Å². The minimum Gasteiger partial charge on any atom is -0.395 e. The zero-order valence-corrected chi connectivity index (χ0v) is 13.3. The van der Waals surface area contributed by atoms with Crippen molar-refractivity contribution in [1.29, 1.82) is 0 Å². The average Bonchev–Trinajstić information content (AvgIpc) is 2.34. The summed E-state index contributed by atoms with van der Waals surface area (Å²) >= 11 is 0. The molecule has 1 rings (SSSR count). The van der Waals surface area contributed by atoms with Crippen LogP contribution in [0.4, 0.5) is 0 Å². The van der Waals surface area contributed by atoms with E-state index in [1.54, 1.807) is 13.8 Å². The largest absolute Gasteiger partial charge is 0.395 e. The van der Waals surface area contributed by atoms with Crippen LogP contribution in [0.1, 0.15) is 13.8 Å². The molecular weight excluding hydrogens is 302 g/mol. The van der Waals surface area contributed by atoms with Crippen LogP contribution in [0.3, 0.4) is 0 Å². The van der Waals surface area contributed by atoms with Crippen LogP contribution in [-0.4, -0.2) is 51.7 Å². The number of aliphatic hydroxyl groups is 1. The Balaban J connectivity index is 3.22. The summed E-state index contributed by atoms with van der Waals surface area (Å²) < 4.78 is 48.6. The molecule has 0 fully saturated rings. The van der Waals surface area contributed by atoms with Crippen LogP contribution < -0.4 is 0 Å². The molecule has 0 bridgehead atoms. The maximum absolute atomic E-state index is 12.4. The van der Waals surface area contributed by atoms with Crippen molar-refractivity contribution in [2.75, 3.05) is 19.4 Å². The molecule has 0 atom stereocenters. The summed E-state index contributed by atoms with van der Waals surface area (Å²) in [6.07, 6.45) is 1.06. The second-order valence-corrected chi connectivity index (χ2v) is 8.58. The van der Waals surface area contributed by atoms with Crippen molar-refractivity contribution in [1.82, 2.24) is 4.31 Å². The molecule has 0 aliphatic carbocycles. The van der Waals surface area contributed by atoms with Crippen LogP contribution in [0.5, 0.6) is 0 Å². The Hall–Kier alpha value is -0.960. The Morgan fingerprint density at radius 2 is 1.50 bits per heavy atom. The van der Waals surface area contributed by atoms with E-state index in [2.05, 4.69) is 0 Å². The normalized spacial score (nSPS) is 13.1. The van der Waals surface area contributed by atoms with Gasteiger partial charge in [-0.05, 0) is 38.1 Å². The van der Waals surface area contributed by atoms with Crippen molar-refractivity contribution in [3.63, 3.8) is 0 Å². The molecule has 0 saturated heterocycles. The molecule has 114 valence electrons. The smallest absolute Gasteiger partial charge is 0.243 e. The van der Waals surface area contributed by atoms with E-state index in [-0.39, 0.29) is 29.0 Å². The van der Waals surface area contributed by atoms with E-state index in [1.807, 2.05) is 0 Å². The first-order chi connectivity index (χ1) is 9.10. The summed E-state index contributed by atoms with van der Waals surface area (Å²) in [5.41, 5.74) is 0. The number of sulfone groups is 1. The van der Waals surface area contributed by atoms with Gasteiger partial charge in [0.15, 0.2) is 9.84 Å². The van der Waals surface area contributed by atoms with E-state index in [9.17, 15) is 16.8 Å². The summed E-state index contributed by atoms with van der Waals surface area (Å²) in [7, 11) is -7.11. The molecule has 0 aliphatic rings. The van der Waals surface area contributed by atoms with Gasteiger partial charge in [-0.3, -0.25) is 0 Å². The van der Waals surface area contributed by atoms with Gasteiger partial charge >= 0.3 is 0 Å². The van der Waals surface area contributed by atoms with Gasteiger partial charge < -0.3 is 5.11 Å². The van der Waals surface area contributed by atoms with Gasteiger partial charge in [0.2, 0.25) is 10.0 Å². The minimum absolute atomic E-state index is 0.00612. The number of rotatable bonds is 6. The van der Waals surface area contributed by atoms with Crippen LogP contribution >= 0.6 is 0 Å². The van der Waals surface area contributed by atoms with E-state index >= 15 is 0 Å². The second kappa shape index (κ2) is 6.21. The predicted octanol–water partition coefficient (Wildman–Crippen LogP) is 0.482. The Kier molecular flexibility index (Phi) is 5.31. The summed E-state index contributed by atoms with van der Waals surface area (Å²) in [6.45, 7) is 3.13. The molecule has 0 spiro atoms. The van der Waals surface area contributed by atoms with Gasteiger partial charge in [0.25, 0.3) is 0 Å². The number of benzene rings is 1. The molecule has 0 saturated carbocycles. The lowest BCUT2D eigenvalue weighted by Crippen LogP contribution is -2.38. The fourth-order valence-electron chi connectivity index (χ4n) is 1.75. The van der Waals surface area contributed by atoms with Gasteiger partial charge in [-0.1, -0.05) is 0 Å². The van der Waals surface area contributed by atoms with Gasteiger partial charge in [-0.15, -0.1) is 0 Å². The van der Waals surface area contributed by atoms with E-state index in [0.717, 1.165) is 6.26 Å². The van der Waals surface area contributed by atoms with Crippen LogP contribution in [0.2, 0.25) is 0 Å². The molecule has 1 aromatic rings. The Labute approximate surface area is 120 Å².